The molecule has 0 spiro atoms. The van der Waals surface area contributed by atoms with Gasteiger partial charge in [-0.15, -0.1) is 0 Å². The van der Waals surface area contributed by atoms with Gasteiger partial charge in [-0.25, -0.2) is 0 Å². The Kier molecular flexibility index (Phi) is 6.34. The monoisotopic (exact) mass is 387 g/mol. The van der Waals surface area contributed by atoms with E-state index >= 15 is 0 Å². The summed E-state index contributed by atoms with van der Waals surface area (Å²) in [6.07, 6.45) is 0.217. The van der Waals surface area contributed by atoms with E-state index in [2.05, 4.69) is 0 Å². The number of benzene rings is 1. The van der Waals surface area contributed by atoms with Crippen LogP contribution in [0.1, 0.15) is 30.5 Å². The Morgan fingerprint density at radius 2 is 1.75 bits per heavy atom. The number of likely N-dealkylation sites (tertiary alicyclic amines) is 1. The number of carbonyl (C=O) groups is 3. The molecule has 0 unspecified atom stereocenters. The summed E-state index contributed by atoms with van der Waals surface area (Å²) in [4.78, 5) is 43.0. The molecule has 0 aliphatic carbocycles. The van der Waals surface area contributed by atoms with Crippen molar-refractivity contribution in [2.75, 3.05) is 46.4 Å². The molecular formula is C21H29N3O4. The molecule has 0 N–H and O–H groups in total. The third-order valence-electron chi connectivity index (χ3n) is 5.83. The van der Waals surface area contributed by atoms with Crippen LogP contribution in [0.25, 0.3) is 0 Å². The van der Waals surface area contributed by atoms with Crippen LogP contribution in [0, 0.1) is 12.8 Å². The summed E-state index contributed by atoms with van der Waals surface area (Å²) in [6, 6.07) is 7.66. The van der Waals surface area contributed by atoms with Crippen molar-refractivity contribution >= 4 is 17.7 Å². The van der Waals surface area contributed by atoms with E-state index in [9.17, 15) is 14.4 Å². The Morgan fingerprint density at radius 3 is 2.36 bits per heavy atom. The zero-order chi connectivity index (χ0) is 20.3. The second kappa shape index (κ2) is 8.73. The van der Waals surface area contributed by atoms with Crippen LogP contribution in [0.15, 0.2) is 24.3 Å². The zero-order valence-electron chi connectivity index (χ0n) is 16.9. The van der Waals surface area contributed by atoms with Crippen molar-refractivity contribution in [3.05, 3.63) is 35.4 Å². The van der Waals surface area contributed by atoms with Crippen molar-refractivity contribution in [2.24, 2.45) is 5.92 Å². The Morgan fingerprint density at radius 1 is 1.11 bits per heavy atom. The molecule has 0 aromatic heterocycles. The first-order chi connectivity index (χ1) is 13.4. The lowest BCUT2D eigenvalue weighted by Gasteiger charge is -2.37. The molecule has 3 amide bonds. The highest BCUT2D eigenvalue weighted by Gasteiger charge is 2.46. The lowest BCUT2D eigenvalue weighted by Crippen LogP contribution is -2.52. The van der Waals surface area contributed by atoms with Gasteiger partial charge in [-0.1, -0.05) is 24.3 Å². The maximum Gasteiger partial charge on any atom is 0.228 e. The lowest BCUT2D eigenvalue weighted by molar-refractivity contribution is -0.142. The molecule has 0 radical (unpaired) electrons. The zero-order valence-corrected chi connectivity index (χ0v) is 16.9. The topological polar surface area (TPSA) is 70.2 Å². The van der Waals surface area contributed by atoms with Gasteiger partial charge in [-0.3, -0.25) is 14.4 Å². The van der Waals surface area contributed by atoms with Gasteiger partial charge in [0, 0.05) is 53.2 Å². The molecule has 3 rings (SSSR count). The van der Waals surface area contributed by atoms with Gasteiger partial charge >= 0.3 is 0 Å². The number of ether oxygens (including phenoxy) is 1. The van der Waals surface area contributed by atoms with Gasteiger partial charge in [0.05, 0.1) is 18.6 Å². The molecule has 1 aromatic carbocycles. The summed E-state index contributed by atoms with van der Waals surface area (Å²) in [6.45, 7) is 6.59. The summed E-state index contributed by atoms with van der Waals surface area (Å²) in [5.41, 5.74) is 2.09. The van der Waals surface area contributed by atoms with Crippen LogP contribution in [0.4, 0.5) is 0 Å². The molecule has 28 heavy (non-hydrogen) atoms. The number of piperazine rings is 1. The molecule has 2 aliphatic heterocycles. The quantitative estimate of drug-likeness (QED) is 0.762. The first kappa shape index (κ1) is 20.3. The van der Waals surface area contributed by atoms with E-state index in [0.29, 0.717) is 39.3 Å². The van der Waals surface area contributed by atoms with Crippen molar-refractivity contribution < 1.29 is 19.1 Å². The minimum Gasteiger partial charge on any atom is -0.383 e. The molecule has 2 atom stereocenters. The van der Waals surface area contributed by atoms with E-state index in [1.165, 1.54) is 0 Å². The molecule has 2 fully saturated rings. The van der Waals surface area contributed by atoms with Crippen LogP contribution in [-0.4, -0.2) is 78.9 Å². The third-order valence-corrected chi connectivity index (χ3v) is 5.83. The lowest BCUT2D eigenvalue weighted by atomic mass is 9.89. The summed E-state index contributed by atoms with van der Waals surface area (Å²) in [7, 11) is 1.61. The average molecular weight is 387 g/mol. The SMILES string of the molecule is COCCN1C(=O)C[C@@H](C(=O)N2CCN(C(C)=O)CC2)[C@@H]1c1ccccc1C. The second-order valence-corrected chi connectivity index (χ2v) is 7.52. The van der Waals surface area contributed by atoms with Crippen LogP contribution in [0.2, 0.25) is 0 Å². The fourth-order valence-corrected chi connectivity index (χ4v) is 4.24. The molecule has 7 nitrogen and oxygen atoms in total. The Hall–Kier alpha value is -2.41. The summed E-state index contributed by atoms with van der Waals surface area (Å²) >= 11 is 0. The van der Waals surface area contributed by atoms with Crippen LogP contribution in [0.5, 0.6) is 0 Å². The van der Waals surface area contributed by atoms with E-state index in [4.69, 9.17) is 4.74 Å². The first-order valence-corrected chi connectivity index (χ1v) is 9.82. The number of rotatable bonds is 5. The van der Waals surface area contributed by atoms with E-state index in [1.807, 2.05) is 36.1 Å². The number of nitrogens with zero attached hydrogens (tertiary/aromatic N) is 3. The first-order valence-electron chi connectivity index (χ1n) is 9.82. The molecular weight excluding hydrogens is 358 g/mol. The maximum atomic E-state index is 13.3. The van der Waals surface area contributed by atoms with Crippen LogP contribution < -0.4 is 0 Å². The minimum absolute atomic E-state index is 0.00437. The number of hydrogen-bond acceptors (Lipinski definition) is 4. The number of amides is 3. The van der Waals surface area contributed by atoms with Gasteiger partial charge in [0.15, 0.2) is 0 Å². The highest BCUT2D eigenvalue weighted by atomic mass is 16.5. The molecule has 0 bridgehead atoms. The van der Waals surface area contributed by atoms with Gasteiger partial charge in [0.25, 0.3) is 0 Å². The highest BCUT2D eigenvalue weighted by molar-refractivity contribution is 5.90. The fraction of sp³-hybridized carbons (Fsp3) is 0.571. The molecule has 0 saturated carbocycles. The number of methoxy groups -OCH3 is 1. The summed E-state index contributed by atoms with van der Waals surface area (Å²) < 4.78 is 5.19. The van der Waals surface area contributed by atoms with Gasteiger partial charge in [0.2, 0.25) is 17.7 Å². The molecule has 2 saturated heterocycles. The number of carbonyl (C=O) groups excluding carboxylic acids is 3. The van der Waals surface area contributed by atoms with E-state index in [0.717, 1.165) is 11.1 Å². The van der Waals surface area contributed by atoms with Crippen molar-refractivity contribution in [1.29, 1.82) is 0 Å². The Labute approximate surface area is 166 Å². The molecule has 2 heterocycles. The third kappa shape index (κ3) is 4.04. The van der Waals surface area contributed by atoms with Crippen molar-refractivity contribution in [1.82, 2.24) is 14.7 Å². The van der Waals surface area contributed by atoms with E-state index in [1.54, 1.807) is 23.8 Å². The van der Waals surface area contributed by atoms with Crippen LogP contribution in [-0.2, 0) is 19.1 Å². The number of hydrogen-bond donors (Lipinski definition) is 0. The van der Waals surface area contributed by atoms with E-state index < -0.39 is 5.92 Å². The van der Waals surface area contributed by atoms with Gasteiger partial charge in [-0.05, 0) is 18.1 Å². The molecule has 7 heteroatoms. The summed E-state index contributed by atoms with van der Waals surface area (Å²) in [5, 5.41) is 0. The van der Waals surface area contributed by atoms with Crippen molar-refractivity contribution in [2.45, 2.75) is 26.3 Å². The van der Waals surface area contributed by atoms with Crippen LogP contribution >= 0.6 is 0 Å². The maximum absolute atomic E-state index is 13.3. The van der Waals surface area contributed by atoms with Gasteiger partial charge in [0.1, 0.15) is 0 Å². The molecule has 152 valence electrons. The number of aryl methyl sites for hydroxylation is 1. The van der Waals surface area contributed by atoms with Crippen molar-refractivity contribution in [3.63, 3.8) is 0 Å². The van der Waals surface area contributed by atoms with Gasteiger partial charge in [-0.2, -0.15) is 0 Å². The Bertz CT molecular complexity index is 743. The summed E-state index contributed by atoms with van der Waals surface area (Å²) in [5.74, 6) is -0.378. The molecule has 1 aromatic rings. The normalized spacial score (nSPS) is 22.7. The van der Waals surface area contributed by atoms with E-state index in [-0.39, 0.29) is 30.2 Å². The van der Waals surface area contributed by atoms with Gasteiger partial charge < -0.3 is 19.4 Å². The fourth-order valence-electron chi connectivity index (χ4n) is 4.24. The standard InChI is InChI=1S/C21H29N3O4/c1-15-6-4-5-7-17(15)20-18(14-19(26)24(20)12-13-28-3)21(27)23-10-8-22(9-11-23)16(2)25/h4-7,18,20H,8-14H2,1-3H3/t18-,20+/m1/s1. The average Bonchev–Trinajstić information content (AvgIpc) is 3.02. The minimum atomic E-state index is -0.408. The predicted octanol–water partition coefficient (Wildman–Crippen LogP) is 1.22. The second-order valence-electron chi connectivity index (χ2n) is 7.52. The van der Waals surface area contributed by atoms with Crippen molar-refractivity contribution in [3.8, 4) is 0 Å². The predicted molar refractivity (Wildman–Crippen MR) is 104 cm³/mol. The smallest absolute Gasteiger partial charge is 0.228 e. The highest BCUT2D eigenvalue weighted by Crippen LogP contribution is 2.40. The largest absolute Gasteiger partial charge is 0.383 e. The molecule has 2 aliphatic rings. The van der Waals surface area contributed by atoms with Crippen LogP contribution in [0.3, 0.4) is 0 Å². The Balaban J connectivity index is 1.84.